The molecule has 0 aliphatic heterocycles. The first-order chi connectivity index (χ1) is 5.20. The second-order valence-electron chi connectivity index (χ2n) is 3.79. The summed E-state index contributed by atoms with van der Waals surface area (Å²) in [7, 11) is 0. The second kappa shape index (κ2) is 3.75. The highest BCUT2D eigenvalue weighted by Crippen LogP contribution is 2.23. The molecule has 1 aliphatic carbocycles. The van der Waals surface area contributed by atoms with Gasteiger partial charge in [0.2, 0.25) is 0 Å². The van der Waals surface area contributed by atoms with Gasteiger partial charge in [0.05, 0.1) is 0 Å². The first kappa shape index (κ1) is 8.58. The lowest BCUT2D eigenvalue weighted by molar-refractivity contribution is 0.641. The lowest BCUT2D eigenvalue weighted by atomic mass is 9.92. The SMILES string of the molecule is CC1=CCCC=C1CC(C)C. The molecule has 0 bridgehead atoms. The number of hydrogen-bond donors (Lipinski definition) is 0. The molecule has 1 rings (SSSR count). The van der Waals surface area contributed by atoms with Crippen LogP contribution in [0.1, 0.15) is 40.0 Å². The summed E-state index contributed by atoms with van der Waals surface area (Å²) < 4.78 is 0. The van der Waals surface area contributed by atoms with Crippen molar-refractivity contribution in [3.05, 3.63) is 23.3 Å². The highest BCUT2D eigenvalue weighted by molar-refractivity contribution is 5.31. The Kier molecular flexibility index (Phi) is 2.92. The summed E-state index contributed by atoms with van der Waals surface area (Å²) in [4.78, 5) is 0. The van der Waals surface area contributed by atoms with Crippen LogP contribution >= 0.6 is 0 Å². The zero-order chi connectivity index (χ0) is 8.27. The minimum atomic E-state index is 0.794. The number of allylic oxidation sites excluding steroid dienone is 4. The molecule has 0 saturated carbocycles. The van der Waals surface area contributed by atoms with E-state index >= 15 is 0 Å². The summed E-state index contributed by atoms with van der Waals surface area (Å²) in [5.74, 6) is 0.794. The van der Waals surface area contributed by atoms with E-state index in [1.165, 1.54) is 24.8 Å². The largest absolute Gasteiger partial charge is 0.0810 e. The highest BCUT2D eigenvalue weighted by atomic mass is 14.1. The lowest BCUT2D eigenvalue weighted by Crippen LogP contribution is -1.96. The standard InChI is InChI=1S/C11H18/c1-9(2)8-11-7-5-4-6-10(11)3/h6-7,9H,4-5,8H2,1-3H3. The molecule has 0 heteroatoms. The van der Waals surface area contributed by atoms with Crippen LogP contribution in [0.4, 0.5) is 0 Å². The van der Waals surface area contributed by atoms with Crippen LogP contribution in [0.3, 0.4) is 0 Å². The zero-order valence-electron chi connectivity index (χ0n) is 7.85. The molecule has 0 saturated heterocycles. The van der Waals surface area contributed by atoms with Crippen molar-refractivity contribution in [3.63, 3.8) is 0 Å². The molecule has 0 heterocycles. The molecule has 0 aromatic heterocycles. The Morgan fingerprint density at radius 3 is 2.45 bits per heavy atom. The van der Waals surface area contributed by atoms with Crippen molar-refractivity contribution >= 4 is 0 Å². The predicted octanol–water partition coefficient (Wildman–Crippen LogP) is 3.70. The van der Waals surface area contributed by atoms with Crippen LogP contribution in [0.5, 0.6) is 0 Å². The van der Waals surface area contributed by atoms with E-state index < -0.39 is 0 Å². The van der Waals surface area contributed by atoms with Gasteiger partial charge in [0.1, 0.15) is 0 Å². The Balaban J connectivity index is 2.56. The minimum Gasteiger partial charge on any atom is -0.0810 e. The quantitative estimate of drug-likeness (QED) is 0.563. The van der Waals surface area contributed by atoms with Crippen LogP contribution in [0.2, 0.25) is 0 Å². The van der Waals surface area contributed by atoms with Crippen molar-refractivity contribution in [1.29, 1.82) is 0 Å². The second-order valence-corrected chi connectivity index (χ2v) is 3.79. The van der Waals surface area contributed by atoms with Crippen LogP contribution < -0.4 is 0 Å². The van der Waals surface area contributed by atoms with E-state index in [1.54, 1.807) is 5.57 Å². The number of rotatable bonds is 2. The van der Waals surface area contributed by atoms with E-state index in [0.717, 1.165) is 5.92 Å². The molecule has 0 spiro atoms. The van der Waals surface area contributed by atoms with Gasteiger partial charge in [-0.05, 0) is 37.7 Å². The molecule has 0 aromatic carbocycles. The van der Waals surface area contributed by atoms with E-state index in [9.17, 15) is 0 Å². The summed E-state index contributed by atoms with van der Waals surface area (Å²) >= 11 is 0. The fraction of sp³-hybridized carbons (Fsp3) is 0.636. The molecule has 0 fully saturated rings. The molecule has 0 atom stereocenters. The van der Waals surface area contributed by atoms with Gasteiger partial charge in [0.15, 0.2) is 0 Å². The van der Waals surface area contributed by atoms with Crippen LogP contribution in [0.15, 0.2) is 23.3 Å². The number of hydrogen-bond acceptors (Lipinski definition) is 0. The van der Waals surface area contributed by atoms with Crippen LogP contribution in [-0.4, -0.2) is 0 Å². The molecule has 11 heavy (non-hydrogen) atoms. The molecule has 0 N–H and O–H groups in total. The fourth-order valence-corrected chi connectivity index (χ4v) is 1.53. The van der Waals surface area contributed by atoms with Crippen molar-refractivity contribution in [2.24, 2.45) is 5.92 Å². The maximum atomic E-state index is 2.40. The van der Waals surface area contributed by atoms with E-state index in [0.29, 0.717) is 0 Å². The fourth-order valence-electron chi connectivity index (χ4n) is 1.53. The van der Waals surface area contributed by atoms with Crippen LogP contribution in [0.25, 0.3) is 0 Å². The Morgan fingerprint density at radius 1 is 1.27 bits per heavy atom. The molecule has 62 valence electrons. The molecular formula is C11H18. The maximum absolute atomic E-state index is 2.40. The summed E-state index contributed by atoms with van der Waals surface area (Å²) in [5.41, 5.74) is 3.08. The van der Waals surface area contributed by atoms with Crippen LogP contribution in [-0.2, 0) is 0 Å². The van der Waals surface area contributed by atoms with Gasteiger partial charge in [-0.25, -0.2) is 0 Å². The van der Waals surface area contributed by atoms with Gasteiger partial charge in [-0.15, -0.1) is 0 Å². The molecule has 0 aromatic rings. The molecule has 0 radical (unpaired) electrons. The monoisotopic (exact) mass is 150 g/mol. The first-order valence-electron chi connectivity index (χ1n) is 4.56. The Labute approximate surface area is 70.0 Å². The maximum Gasteiger partial charge on any atom is -0.0256 e. The van der Waals surface area contributed by atoms with Gasteiger partial charge < -0.3 is 0 Å². The Bertz CT molecular complexity index is 182. The van der Waals surface area contributed by atoms with Crippen molar-refractivity contribution in [2.75, 3.05) is 0 Å². The van der Waals surface area contributed by atoms with Gasteiger partial charge >= 0.3 is 0 Å². The van der Waals surface area contributed by atoms with Gasteiger partial charge in [-0.2, -0.15) is 0 Å². The first-order valence-corrected chi connectivity index (χ1v) is 4.56. The molecule has 1 aliphatic rings. The van der Waals surface area contributed by atoms with Crippen molar-refractivity contribution in [3.8, 4) is 0 Å². The Morgan fingerprint density at radius 2 is 1.91 bits per heavy atom. The summed E-state index contributed by atoms with van der Waals surface area (Å²) in [6, 6.07) is 0. The van der Waals surface area contributed by atoms with Crippen molar-refractivity contribution < 1.29 is 0 Å². The minimum absolute atomic E-state index is 0.794. The lowest BCUT2D eigenvalue weighted by Gasteiger charge is -2.14. The molecule has 0 amide bonds. The summed E-state index contributed by atoms with van der Waals surface area (Å²) in [5, 5.41) is 0. The van der Waals surface area contributed by atoms with Crippen LogP contribution in [0, 0.1) is 5.92 Å². The molecule has 0 unspecified atom stereocenters. The third kappa shape index (κ3) is 2.53. The van der Waals surface area contributed by atoms with E-state index in [1.807, 2.05) is 0 Å². The zero-order valence-corrected chi connectivity index (χ0v) is 7.85. The average molecular weight is 150 g/mol. The third-order valence-corrected chi connectivity index (χ3v) is 2.14. The smallest absolute Gasteiger partial charge is 0.0256 e. The highest BCUT2D eigenvalue weighted by Gasteiger charge is 2.05. The summed E-state index contributed by atoms with van der Waals surface area (Å²) in [6.07, 6.45) is 8.50. The normalized spacial score (nSPS) is 18.2. The molecular weight excluding hydrogens is 132 g/mol. The van der Waals surface area contributed by atoms with E-state index in [-0.39, 0.29) is 0 Å². The van der Waals surface area contributed by atoms with Gasteiger partial charge in [0.25, 0.3) is 0 Å². The molecule has 0 nitrogen and oxygen atoms in total. The Hall–Kier alpha value is -0.520. The van der Waals surface area contributed by atoms with Gasteiger partial charge in [-0.1, -0.05) is 31.6 Å². The predicted molar refractivity (Wildman–Crippen MR) is 50.5 cm³/mol. The third-order valence-electron chi connectivity index (χ3n) is 2.14. The van der Waals surface area contributed by atoms with E-state index in [2.05, 4.69) is 32.9 Å². The average Bonchev–Trinajstić information content (AvgIpc) is 1.93. The van der Waals surface area contributed by atoms with Crippen molar-refractivity contribution in [1.82, 2.24) is 0 Å². The van der Waals surface area contributed by atoms with E-state index in [4.69, 9.17) is 0 Å². The summed E-state index contributed by atoms with van der Waals surface area (Å²) in [6.45, 7) is 6.79. The van der Waals surface area contributed by atoms with Crippen molar-refractivity contribution in [2.45, 2.75) is 40.0 Å². The topological polar surface area (TPSA) is 0 Å². The van der Waals surface area contributed by atoms with Gasteiger partial charge in [-0.3, -0.25) is 0 Å². The van der Waals surface area contributed by atoms with Gasteiger partial charge in [0, 0.05) is 0 Å².